The van der Waals surface area contributed by atoms with Crippen LogP contribution in [-0.2, 0) is 0 Å². The molecule has 1 saturated heterocycles. The Morgan fingerprint density at radius 1 is 1.41 bits per heavy atom. The fraction of sp³-hybridized carbons (Fsp3) is 0.500. The lowest BCUT2D eigenvalue weighted by molar-refractivity contribution is 0.1000. The Kier molecular flexibility index (Phi) is 3.28. The van der Waals surface area contributed by atoms with Gasteiger partial charge in [0, 0.05) is 31.4 Å². The van der Waals surface area contributed by atoms with Crippen molar-refractivity contribution in [2.24, 2.45) is 5.73 Å². The molecule has 5 heteroatoms. The molecule has 0 bridgehead atoms. The lowest BCUT2D eigenvalue weighted by Gasteiger charge is -2.36. The molecule has 1 fully saturated rings. The Hall–Kier alpha value is -1.62. The van der Waals surface area contributed by atoms with Crippen LogP contribution in [0.15, 0.2) is 18.3 Å². The van der Waals surface area contributed by atoms with Crippen LogP contribution in [-0.4, -0.2) is 36.1 Å². The maximum atomic E-state index is 11.0. The van der Waals surface area contributed by atoms with Crippen LogP contribution in [0.5, 0.6) is 0 Å². The minimum Gasteiger partial charge on any atom is -0.366 e. The van der Waals surface area contributed by atoms with Crippen molar-refractivity contribution < 1.29 is 4.79 Å². The summed E-state index contributed by atoms with van der Waals surface area (Å²) in [6.07, 6.45) is 1.54. The van der Waals surface area contributed by atoms with Crippen LogP contribution in [0.3, 0.4) is 0 Å². The van der Waals surface area contributed by atoms with Crippen molar-refractivity contribution in [1.29, 1.82) is 0 Å². The van der Waals surface area contributed by atoms with E-state index in [-0.39, 0.29) is 0 Å². The van der Waals surface area contributed by atoms with Crippen LogP contribution in [0.25, 0.3) is 0 Å². The molecular weight excluding hydrogens is 216 g/mol. The van der Waals surface area contributed by atoms with E-state index in [1.807, 2.05) is 6.07 Å². The Labute approximate surface area is 101 Å². The molecule has 1 aromatic rings. The monoisotopic (exact) mass is 234 g/mol. The molecule has 1 aliphatic rings. The fourth-order valence-electron chi connectivity index (χ4n) is 2.23. The molecule has 5 nitrogen and oxygen atoms in total. The first-order valence-corrected chi connectivity index (χ1v) is 5.83. The fourth-order valence-corrected chi connectivity index (χ4v) is 2.23. The van der Waals surface area contributed by atoms with Gasteiger partial charge in [-0.3, -0.25) is 4.79 Å². The molecule has 1 aliphatic heterocycles. The average Bonchev–Trinajstić information content (AvgIpc) is 2.28. The van der Waals surface area contributed by atoms with E-state index >= 15 is 0 Å². The predicted octanol–water partition coefficient (Wildman–Crippen LogP) is 0.367. The normalized spacial score (nSPS) is 24.7. The van der Waals surface area contributed by atoms with Crippen molar-refractivity contribution in [3.8, 4) is 0 Å². The van der Waals surface area contributed by atoms with Crippen LogP contribution >= 0.6 is 0 Å². The van der Waals surface area contributed by atoms with Crippen molar-refractivity contribution in [3.05, 3.63) is 23.9 Å². The summed E-state index contributed by atoms with van der Waals surface area (Å²) >= 11 is 0. The molecule has 2 rings (SSSR count). The molecule has 0 saturated carbocycles. The summed E-state index contributed by atoms with van der Waals surface area (Å²) in [6.45, 7) is 6.15. The molecule has 2 unspecified atom stereocenters. The molecule has 92 valence electrons. The summed E-state index contributed by atoms with van der Waals surface area (Å²) in [5, 5.41) is 3.46. The lowest BCUT2D eigenvalue weighted by atomic mass is 10.1. The standard InChI is InChI=1S/C12H18N4O/c1-8-6-16(7-9(2)15-8)11-4-3-10(5-14-11)12(13)17/h3-5,8-9,15H,6-7H2,1-2H3,(H2,13,17). The van der Waals surface area contributed by atoms with E-state index in [0.29, 0.717) is 17.6 Å². The van der Waals surface area contributed by atoms with Crippen molar-refractivity contribution in [3.63, 3.8) is 0 Å². The molecule has 1 aromatic heterocycles. The maximum Gasteiger partial charge on any atom is 0.250 e. The molecule has 0 spiro atoms. The number of nitrogens with two attached hydrogens (primary N) is 1. The maximum absolute atomic E-state index is 11.0. The van der Waals surface area contributed by atoms with Gasteiger partial charge in [-0.1, -0.05) is 0 Å². The number of carbonyl (C=O) groups excluding carboxylic acids is 1. The molecular formula is C12H18N4O. The topological polar surface area (TPSA) is 71.2 Å². The quantitative estimate of drug-likeness (QED) is 0.775. The Morgan fingerprint density at radius 2 is 2.06 bits per heavy atom. The first kappa shape index (κ1) is 11.9. The third kappa shape index (κ3) is 2.74. The van der Waals surface area contributed by atoms with E-state index < -0.39 is 5.91 Å². The number of pyridine rings is 1. The molecule has 2 atom stereocenters. The second-order valence-electron chi connectivity index (χ2n) is 4.64. The highest BCUT2D eigenvalue weighted by atomic mass is 16.1. The van der Waals surface area contributed by atoms with Gasteiger partial charge in [0.15, 0.2) is 0 Å². The van der Waals surface area contributed by atoms with E-state index in [1.165, 1.54) is 6.20 Å². The van der Waals surface area contributed by atoms with Crippen LogP contribution in [0.4, 0.5) is 5.82 Å². The molecule has 0 aromatic carbocycles. The second kappa shape index (κ2) is 4.71. The Morgan fingerprint density at radius 3 is 2.53 bits per heavy atom. The predicted molar refractivity (Wildman–Crippen MR) is 67.0 cm³/mol. The summed E-state index contributed by atoms with van der Waals surface area (Å²) < 4.78 is 0. The first-order chi connectivity index (χ1) is 8.06. The number of piperazine rings is 1. The van der Waals surface area contributed by atoms with Crippen LogP contribution in [0, 0.1) is 0 Å². The number of rotatable bonds is 2. The number of nitrogens with zero attached hydrogens (tertiary/aromatic N) is 2. The van der Waals surface area contributed by atoms with E-state index in [2.05, 4.69) is 29.0 Å². The minimum atomic E-state index is -0.439. The summed E-state index contributed by atoms with van der Waals surface area (Å²) in [4.78, 5) is 17.5. The van der Waals surface area contributed by atoms with E-state index in [0.717, 1.165) is 18.9 Å². The number of aromatic nitrogens is 1. The van der Waals surface area contributed by atoms with Gasteiger partial charge in [0.25, 0.3) is 0 Å². The number of anilines is 1. The number of primary amides is 1. The summed E-state index contributed by atoms with van der Waals surface area (Å²) in [6, 6.07) is 4.46. The first-order valence-electron chi connectivity index (χ1n) is 5.83. The van der Waals surface area contributed by atoms with Crippen molar-refractivity contribution in [1.82, 2.24) is 10.3 Å². The highest BCUT2D eigenvalue weighted by Gasteiger charge is 2.21. The van der Waals surface area contributed by atoms with Gasteiger partial charge in [-0.25, -0.2) is 4.98 Å². The summed E-state index contributed by atoms with van der Waals surface area (Å²) in [5.74, 6) is 0.460. The zero-order chi connectivity index (χ0) is 12.4. The number of hydrogen-bond acceptors (Lipinski definition) is 4. The van der Waals surface area contributed by atoms with Gasteiger partial charge in [-0.15, -0.1) is 0 Å². The zero-order valence-electron chi connectivity index (χ0n) is 10.2. The van der Waals surface area contributed by atoms with Gasteiger partial charge in [-0.05, 0) is 26.0 Å². The van der Waals surface area contributed by atoms with E-state index in [1.54, 1.807) is 6.07 Å². The molecule has 1 amide bonds. The summed E-state index contributed by atoms with van der Waals surface area (Å²) in [7, 11) is 0. The lowest BCUT2D eigenvalue weighted by Crippen LogP contribution is -2.54. The van der Waals surface area contributed by atoms with Crippen molar-refractivity contribution in [2.45, 2.75) is 25.9 Å². The SMILES string of the molecule is CC1CN(c2ccc(C(N)=O)cn2)CC(C)N1. The van der Waals surface area contributed by atoms with E-state index in [9.17, 15) is 4.79 Å². The molecule has 0 radical (unpaired) electrons. The minimum absolute atomic E-state index is 0.439. The zero-order valence-corrected chi connectivity index (χ0v) is 10.2. The second-order valence-corrected chi connectivity index (χ2v) is 4.64. The Bertz CT molecular complexity index is 393. The third-order valence-corrected chi connectivity index (χ3v) is 2.91. The highest BCUT2D eigenvalue weighted by molar-refractivity contribution is 5.92. The van der Waals surface area contributed by atoms with Crippen LogP contribution < -0.4 is 16.0 Å². The van der Waals surface area contributed by atoms with Gasteiger partial charge in [0.05, 0.1) is 5.56 Å². The molecule has 3 N–H and O–H groups in total. The largest absolute Gasteiger partial charge is 0.366 e. The smallest absolute Gasteiger partial charge is 0.250 e. The molecule has 17 heavy (non-hydrogen) atoms. The number of amides is 1. The van der Waals surface area contributed by atoms with Crippen LogP contribution in [0.1, 0.15) is 24.2 Å². The van der Waals surface area contributed by atoms with E-state index in [4.69, 9.17) is 5.73 Å². The highest BCUT2D eigenvalue weighted by Crippen LogP contribution is 2.15. The van der Waals surface area contributed by atoms with Gasteiger partial charge >= 0.3 is 0 Å². The van der Waals surface area contributed by atoms with Gasteiger partial charge in [0.2, 0.25) is 5.91 Å². The number of nitrogens with one attached hydrogen (secondary N) is 1. The summed E-state index contributed by atoms with van der Waals surface area (Å²) in [5.41, 5.74) is 5.63. The molecule has 0 aliphatic carbocycles. The van der Waals surface area contributed by atoms with Gasteiger partial charge < -0.3 is 16.0 Å². The number of carbonyl (C=O) groups is 1. The van der Waals surface area contributed by atoms with Crippen LogP contribution in [0.2, 0.25) is 0 Å². The van der Waals surface area contributed by atoms with Crippen molar-refractivity contribution >= 4 is 11.7 Å². The van der Waals surface area contributed by atoms with Gasteiger partial charge in [-0.2, -0.15) is 0 Å². The van der Waals surface area contributed by atoms with Crippen molar-refractivity contribution in [2.75, 3.05) is 18.0 Å². The van der Waals surface area contributed by atoms with Gasteiger partial charge in [0.1, 0.15) is 5.82 Å². The average molecular weight is 234 g/mol. The Balaban J connectivity index is 2.14. The molecule has 2 heterocycles. The third-order valence-electron chi connectivity index (χ3n) is 2.91. The number of hydrogen-bond donors (Lipinski definition) is 2.